The highest BCUT2D eigenvalue weighted by Gasteiger charge is 1.94. The number of benzene rings is 1. The highest BCUT2D eigenvalue weighted by Crippen LogP contribution is 2.16. The molecule has 0 atom stereocenters. The van der Waals surface area contributed by atoms with Gasteiger partial charge in [-0.3, -0.25) is 4.42 Å². The first-order chi connectivity index (χ1) is 4.70. The van der Waals surface area contributed by atoms with Crippen LogP contribution in [0.1, 0.15) is 0 Å². The van der Waals surface area contributed by atoms with Crippen molar-refractivity contribution in [1.29, 1.82) is 0 Å². The number of anilines is 2. The summed E-state index contributed by atoms with van der Waals surface area (Å²) in [5, 5.41) is 0. The van der Waals surface area contributed by atoms with Gasteiger partial charge in [0.05, 0.1) is 5.69 Å². The van der Waals surface area contributed by atoms with Gasteiger partial charge in [-0.2, -0.15) is 0 Å². The van der Waals surface area contributed by atoms with Crippen molar-refractivity contribution in [1.82, 2.24) is 0 Å². The molecular weight excluding hydrogens is 148 g/mol. The van der Waals surface area contributed by atoms with Crippen LogP contribution >= 0.6 is 11.8 Å². The topological polar surface area (TPSA) is 29.3 Å². The second kappa shape index (κ2) is 2.80. The third-order valence-electron chi connectivity index (χ3n) is 1.23. The second-order valence-electron chi connectivity index (χ2n) is 2.07. The minimum absolute atomic E-state index is 0.727. The predicted octanol–water partition coefficient (Wildman–Crippen LogP) is 1.86. The molecule has 0 saturated heterocycles. The van der Waals surface area contributed by atoms with Gasteiger partial charge < -0.3 is 5.73 Å². The number of nitrogens with zero attached hydrogens (tertiary/aromatic N) is 1. The maximum absolute atomic E-state index is 5.65. The van der Waals surface area contributed by atoms with Crippen molar-refractivity contribution in [3.63, 3.8) is 0 Å². The average molecular weight is 157 g/mol. The molecule has 0 radical (unpaired) electrons. The normalized spacial score (nSPS) is 9.40. The van der Waals surface area contributed by atoms with Crippen molar-refractivity contribution in [2.45, 2.75) is 0 Å². The summed E-state index contributed by atoms with van der Waals surface area (Å²) >= 11 is 5.65. The number of rotatable bonds is 1. The molecule has 1 rings (SSSR count). The van der Waals surface area contributed by atoms with Crippen molar-refractivity contribution in [3.8, 4) is 0 Å². The minimum Gasteiger partial charge on any atom is -0.399 e. The Morgan fingerprint density at radius 2 is 2.20 bits per heavy atom. The summed E-state index contributed by atoms with van der Waals surface area (Å²) in [6.45, 7) is 0. The molecule has 3 heteroatoms. The molecule has 0 fully saturated rings. The summed E-state index contributed by atoms with van der Waals surface area (Å²) < 4.78 is 1.50. The van der Waals surface area contributed by atoms with E-state index in [2.05, 4.69) is 0 Å². The summed E-state index contributed by atoms with van der Waals surface area (Å²) in [7, 11) is 1.76. The smallest absolute Gasteiger partial charge is 0.0540 e. The van der Waals surface area contributed by atoms with Gasteiger partial charge in [0.2, 0.25) is 0 Å². The lowest BCUT2D eigenvalue weighted by Gasteiger charge is -2.08. The Balaban J connectivity index is 2.96. The molecule has 10 heavy (non-hydrogen) atoms. The molecule has 2 N–H and O–H groups in total. The molecule has 0 aliphatic rings. The van der Waals surface area contributed by atoms with Gasteiger partial charge in [-0.1, -0.05) is 6.07 Å². The standard InChI is InChI=1S/C7H9ClN2/c1-10(8)7-4-2-3-6(9)5-7/h2-5H,9H2,1H3. The zero-order valence-corrected chi connectivity index (χ0v) is 6.47. The number of nitrogen functional groups attached to an aromatic ring is 1. The molecule has 0 aromatic heterocycles. The summed E-state index contributed by atoms with van der Waals surface area (Å²) in [5.41, 5.74) is 7.14. The van der Waals surface area contributed by atoms with Crippen LogP contribution in [0.15, 0.2) is 24.3 Å². The fourth-order valence-electron chi connectivity index (χ4n) is 0.716. The first-order valence-corrected chi connectivity index (χ1v) is 3.29. The lowest BCUT2D eigenvalue weighted by molar-refractivity contribution is 1.35. The first kappa shape index (κ1) is 7.22. The second-order valence-corrected chi connectivity index (χ2v) is 2.58. The van der Waals surface area contributed by atoms with Crippen LogP contribution in [0.25, 0.3) is 0 Å². The van der Waals surface area contributed by atoms with E-state index in [9.17, 15) is 0 Å². The Morgan fingerprint density at radius 3 is 2.60 bits per heavy atom. The van der Waals surface area contributed by atoms with Crippen LogP contribution in [0, 0.1) is 0 Å². The van der Waals surface area contributed by atoms with Gasteiger partial charge in [0, 0.05) is 24.5 Å². The Hall–Kier alpha value is -0.890. The van der Waals surface area contributed by atoms with Crippen LogP contribution in [-0.4, -0.2) is 7.05 Å². The molecule has 0 saturated carbocycles. The van der Waals surface area contributed by atoms with E-state index < -0.39 is 0 Å². The largest absolute Gasteiger partial charge is 0.399 e. The molecular formula is C7H9ClN2. The van der Waals surface area contributed by atoms with E-state index in [0.29, 0.717) is 0 Å². The monoisotopic (exact) mass is 156 g/mol. The quantitative estimate of drug-likeness (QED) is 0.497. The number of hydrogen-bond acceptors (Lipinski definition) is 2. The van der Waals surface area contributed by atoms with E-state index in [1.807, 2.05) is 24.3 Å². The van der Waals surface area contributed by atoms with Crippen molar-refractivity contribution in [2.24, 2.45) is 0 Å². The van der Waals surface area contributed by atoms with Crippen molar-refractivity contribution < 1.29 is 0 Å². The zero-order valence-electron chi connectivity index (χ0n) is 5.71. The number of nitrogens with two attached hydrogens (primary N) is 1. The Bertz CT molecular complexity index is 223. The molecule has 0 spiro atoms. The highest BCUT2D eigenvalue weighted by atomic mass is 35.5. The lowest BCUT2D eigenvalue weighted by atomic mass is 10.3. The fraction of sp³-hybridized carbons (Fsp3) is 0.143. The molecule has 0 heterocycles. The fourth-order valence-corrected chi connectivity index (χ4v) is 0.822. The van der Waals surface area contributed by atoms with Crippen LogP contribution in [0.4, 0.5) is 11.4 Å². The van der Waals surface area contributed by atoms with E-state index in [1.54, 1.807) is 7.05 Å². The maximum Gasteiger partial charge on any atom is 0.0540 e. The van der Waals surface area contributed by atoms with E-state index in [1.165, 1.54) is 4.42 Å². The van der Waals surface area contributed by atoms with Crippen molar-refractivity contribution in [3.05, 3.63) is 24.3 Å². The molecule has 0 aliphatic heterocycles. The van der Waals surface area contributed by atoms with Gasteiger partial charge >= 0.3 is 0 Å². The van der Waals surface area contributed by atoms with E-state index in [4.69, 9.17) is 17.5 Å². The van der Waals surface area contributed by atoms with Crippen LogP contribution in [0.5, 0.6) is 0 Å². The first-order valence-electron chi connectivity index (χ1n) is 2.95. The third kappa shape index (κ3) is 1.54. The summed E-state index contributed by atoms with van der Waals surface area (Å²) in [5.74, 6) is 0. The summed E-state index contributed by atoms with van der Waals surface area (Å²) in [4.78, 5) is 0. The predicted molar refractivity (Wildman–Crippen MR) is 45.1 cm³/mol. The van der Waals surface area contributed by atoms with Crippen LogP contribution < -0.4 is 10.2 Å². The van der Waals surface area contributed by atoms with Crippen LogP contribution in [-0.2, 0) is 0 Å². The SMILES string of the molecule is CN(Cl)c1cccc(N)c1. The number of halogens is 1. The molecule has 54 valence electrons. The lowest BCUT2D eigenvalue weighted by Crippen LogP contribution is -2.00. The van der Waals surface area contributed by atoms with Gasteiger partial charge in [0.1, 0.15) is 0 Å². The van der Waals surface area contributed by atoms with Crippen LogP contribution in [0.3, 0.4) is 0 Å². The van der Waals surface area contributed by atoms with Gasteiger partial charge in [-0.15, -0.1) is 0 Å². The Labute approximate surface area is 65.3 Å². The van der Waals surface area contributed by atoms with Crippen molar-refractivity contribution >= 4 is 23.2 Å². The van der Waals surface area contributed by atoms with E-state index >= 15 is 0 Å². The molecule has 0 bridgehead atoms. The van der Waals surface area contributed by atoms with E-state index in [0.717, 1.165) is 11.4 Å². The molecule has 0 aliphatic carbocycles. The maximum atomic E-state index is 5.65. The Morgan fingerprint density at radius 1 is 1.50 bits per heavy atom. The minimum atomic E-state index is 0.727. The third-order valence-corrected chi connectivity index (χ3v) is 1.42. The molecule has 1 aromatic carbocycles. The molecule has 0 unspecified atom stereocenters. The van der Waals surface area contributed by atoms with Gasteiger partial charge in [0.25, 0.3) is 0 Å². The zero-order chi connectivity index (χ0) is 7.56. The van der Waals surface area contributed by atoms with Gasteiger partial charge in [-0.05, 0) is 18.2 Å². The molecule has 2 nitrogen and oxygen atoms in total. The van der Waals surface area contributed by atoms with Gasteiger partial charge in [0.15, 0.2) is 0 Å². The van der Waals surface area contributed by atoms with Gasteiger partial charge in [-0.25, -0.2) is 0 Å². The summed E-state index contributed by atoms with van der Waals surface area (Å²) in [6, 6.07) is 7.39. The van der Waals surface area contributed by atoms with Crippen molar-refractivity contribution in [2.75, 3.05) is 17.2 Å². The van der Waals surface area contributed by atoms with Crippen LogP contribution in [0.2, 0.25) is 0 Å². The van der Waals surface area contributed by atoms with E-state index in [-0.39, 0.29) is 0 Å². The Kier molecular flexibility index (Phi) is 2.02. The molecule has 1 aromatic rings. The highest BCUT2D eigenvalue weighted by molar-refractivity contribution is 6.25. The number of hydrogen-bond donors (Lipinski definition) is 1. The molecule has 0 amide bonds. The average Bonchev–Trinajstić information content (AvgIpc) is 1.88. The summed E-state index contributed by atoms with van der Waals surface area (Å²) in [6.07, 6.45) is 0.